The third-order valence-electron chi connectivity index (χ3n) is 0.668. The number of rotatable bonds is 3. The molecule has 3 N–H and O–H groups in total. The van der Waals surface area contributed by atoms with Crippen LogP contribution in [0.4, 0.5) is 13.2 Å². The molecule has 0 aliphatic rings. The Labute approximate surface area is 77.6 Å². The average Bonchev–Trinajstić information content (AvgIpc) is 1.80. The number of halogens is 4. The summed E-state index contributed by atoms with van der Waals surface area (Å²) in [6.07, 6.45) is -4.18. The van der Waals surface area contributed by atoms with Gasteiger partial charge in [-0.15, -0.1) is 12.4 Å². The van der Waals surface area contributed by atoms with Crippen LogP contribution in [0.2, 0.25) is 0 Å². The Morgan fingerprint density at radius 2 is 2.00 bits per heavy atom. The number of carboxylic acids is 1. The van der Waals surface area contributed by atoms with Gasteiger partial charge < -0.3 is 15.6 Å². The van der Waals surface area contributed by atoms with E-state index in [1.807, 2.05) is 0 Å². The predicted octanol–water partition coefficient (Wildman–Crippen LogP) is 0.872. The van der Waals surface area contributed by atoms with E-state index in [0.29, 0.717) is 6.08 Å². The first kappa shape index (κ1) is 14.4. The molecule has 8 heteroatoms. The van der Waals surface area contributed by atoms with E-state index in [0.717, 1.165) is 0 Å². The normalized spacial score (nSPS) is 11.8. The predicted molar refractivity (Wildman–Crippen MR) is 39.2 cm³/mol. The van der Waals surface area contributed by atoms with Gasteiger partial charge in [0.2, 0.25) is 0 Å². The fourth-order valence-electron chi connectivity index (χ4n) is 0.329. The highest BCUT2D eigenvalue weighted by Gasteiger charge is 2.28. The summed E-state index contributed by atoms with van der Waals surface area (Å²) >= 11 is 0. The number of aliphatic carboxylic acids is 1. The molecule has 0 rings (SSSR count). The number of hydrogen-bond acceptors (Lipinski definition) is 3. The summed E-state index contributed by atoms with van der Waals surface area (Å²) in [5, 5.41) is 8.00. The molecule has 4 nitrogen and oxygen atoms in total. The maximum atomic E-state index is 11.4. The summed E-state index contributed by atoms with van der Waals surface area (Å²) in [5.74, 6) is -2.24. The van der Waals surface area contributed by atoms with E-state index >= 15 is 0 Å². The Morgan fingerprint density at radius 3 is 2.31 bits per heavy atom. The van der Waals surface area contributed by atoms with Crippen molar-refractivity contribution in [3.05, 3.63) is 12.0 Å². The van der Waals surface area contributed by atoms with Crippen molar-refractivity contribution in [2.75, 3.05) is 6.61 Å². The van der Waals surface area contributed by atoms with Crippen LogP contribution in [0.15, 0.2) is 12.0 Å². The Balaban J connectivity index is 0. The molecule has 0 aromatic carbocycles. The van der Waals surface area contributed by atoms with Crippen molar-refractivity contribution in [3.8, 4) is 0 Å². The number of carboxylic acid groups (broad SMARTS) is 1. The lowest BCUT2D eigenvalue weighted by Crippen LogP contribution is -2.19. The first-order valence-electron chi connectivity index (χ1n) is 2.71. The van der Waals surface area contributed by atoms with Crippen LogP contribution in [0, 0.1) is 0 Å². The lowest BCUT2D eigenvalue weighted by Gasteiger charge is -2.07. The van der Waals surface area contributed by atoms with Crippen LogP contribution in [0.3, 0.4) is 0 Å². The zero-order chi connectivity index (χ0) is 9.78. The van der Waals surface area contributed by atoms with E-state index in [1.54, 1.807) is 0 Å². The molecular formula is C5H7ClF3NO3. The molecule has 0 bridgehead atoms. The molecule has 0 saturated heterocycles. The number of carbonyl (C=O) groups is 1. The molecular weight excluding hydrogens is 215 g/mol. The molecule has 0 aromatic heterocycles. The Morgan fingerprint density at radius 1 is 1.54 bits per heavy atom. The number of ether oxygens (including phenoxy) is 1. The zero-order valence-corrected chi connectivity index (χ0v) is 6.98. The topological polar surface area (TPSA) is 72.6 Å². The first-order valence-corrected chi connectivity index (χ1v) is 2.71. The Hall–Kier alpha value is -1.11. The molecule has 0 saturated carbocycles. The molecule has 0 aromatic rings. The van der Waals surface area contributed by atoms with Crippen molar-refractivity contribution < 1.29 is 27.8 Å². The van der Waals surface area contributed by atoms with Crippen LogP contribution in [-0.4, -0.2) is 23.9 Å². The summed E-state index contributed by atoms with van der Waals surface area (Å²) in [4.78, 5) is 9.82. The highest BCUT2D eigenvalue weighted by Crippen LogP contribution is 2.15. The van der Waals surface area contributed by atoms with Crippen LogP contribution >= 0.6 is 12.4 Å². The quantitative estimate of drug-likeness (QED) is 0.548. The van der Waals surface area contributed by atoms with Gasteiger partial charge in [-0.2, -0.15) is 13.2 Å². The molecule has 0 unspecified atom stereocenters. The third-order valence-corrected chi connectivity index (χ3v) is 0.668. The van der Waals surface area contributed by atoms with Gasteiger partial charge >= 0.3 is 12.1 Å². The fourth-order valence-corrected chi connectivity index (χ4v) is 0.329. The van der Waals surface area contributed by atoms with Crippen LogP contribution in [0.25, 0.3) is 0 Å². The van der Waals surface area contributed by atoms with Crippen molar-refractivity contribution in [1.29, 1.82) is 0 Å². The molecule has 0 atom stereocenters. The van der Waals surface area contributed by atoms with Gasteiger partial charge in [0.25, 0.3) is 0 Å². The van der Waals surface area contributed by atoms with Crippen molar-refractivity contribution in [2.45, 2.75) is 6.18 Å². The lowest BCUT2D eigenvalue weighted by atomic mass is 10.6. The van der Waals surface area contributed by atoms with Gasteiger partial charge in [-0.05, 0) is 0 Å². The van der Waals surface area contributed by atoms with E-state index in [9.17, 15) is 18.0 Å². The summed E-state index contributed by atoms with van der Waals surface area (Å²) < 4.78 is 38.0. The standard InChI is InChI=1S/C5H6F3NO3.ClH/c6-5(7,8)2-12-3(9)1-4(10)11;/h1H,2,9H2,(H,10,11);1H/b3-1+;. The van der Waals surface area contributed by atoms with Gasteiger partial charge in [-0.25, -0.2) is 4.79 Å². The minimum absolute atomic E-state index is 0. The zero-order valence-electron chi connectivity index (χ0n) is 6.17. The molecule has 0 aliphatic heterocycles. The van der Waals surface area contributed by atoms with Crippen molar-refractivity contribution in [1.82, 2.24) is 0 Å². The second kappa shape index (κ2) is 5.52. The highest BCUT2D eigenvalue weighted by atomic mass is 35.5. The van der Waals surface area contributed by atoms with E-state index < -0.39 is 24.6 Å². The number of hydrogen-bond donors (Lipinski definition) is 2. The smallest absolute Gasteiger partial charge is 0.422 e. The molecule has 0 fully saturated rings. The second-order valence-corrected chi connectivity index (χ2v) is 1.79. The first-order chi connectivity index (χ1) is 5.31. The monoisotopic (exact) mass is 221 g/mol. The van der Waals surface area contributed by atoms with Crippen molar-refractivity contribution in [3.63, 3.8) is 0 Å². The van der Waals surface area contributed by atoms with E-state index in [4.69, 9.17) is 10.8 Å². The van der Waals surface area contributed by atoms with Gasteiger partial charge in [0.15, 0.2) is 12.5 Å². The number of alkyl halides is 3. The van der Waals surface area contributed by atoms with E-state index in [1.165, 1.54) is 0 Å². The Kier molecular flexibility index (Phi) is 6.12. The molecule has 0 amide bonds. The van der Waals surface area contributed by atoms with E-state index in [2.05, 4.69) is 4.74 Å². The summed E-state index contributed by atoms with van der Waals surface area (Å²) in [5.41, 5.74) is 4.74. The molecule has 13 heavy (non-hydrogen) atoms. The summed E-state index contributed by atoms with van der Waals surface area (Å²) in [6.45, 7) is -1.59. The fraction of sp³-hybridized carbons (Fsp3) is 0.400. The molecule has 0 aliphatic carbocycles. The van der Waals surface area contributed by atoms with Crippen LogP contribution in [-0.2, 0) is 9.53 Å². The summed E-state index contributed by atoms with van der Waals surface area (Å²) in [7, 11) is 0. The second-order valence-electron chi connectivity index (χ2n) is 1.79. The SMILES string of the molecule is Cl.N/C(=C\C(=O)O)OCC(F)(F)F. The Bertz CT molecular complexity index is 204. The maximum Gasteiger partial charge on any atom is 0.422 e. The van der Waals surface area contributed by atoms with Gasteiger partial charge in [0.05, 0.1) is 6.08 Å². The molecule has 78 valence electrons. The third kappa shape index (κ3) is 10.9. The molecule has 0 spiro atoms. The number of nitrogens with two attached hydrogens (primary N) is 1. The minimum Gasteiger partial charge on any atom is -0.478 e. The molecule has 0 heterocycles. The molecule has 0 radical (unpaired) electrons. The largest absolute Gasteiger partial charge is 0.478 e. The maximum absolute atomic E-state index is 11.4. The van der Waals surface area contributed by atoms with E-state index in [-0.39, 0.29) is 12.4 Å². The van der Waals surface area contributed by atoms with Crippen molar-refractivity contribution in [2.24, 2.45) is 5.73 Å². The summed E-state index contributed by atoms with van der Waals surface area (Å²) in [6, 6.07) is 0. The minimum atomic E-state index is -4.52. The van der Waals surface area contributed by atoms with Crippen LogP contribution in [0.1, 0.15) is 0 Å². The average molecular weight is 222 g/mol. The van der Waals surface area contributed by atoms with Gasteiger partial charge in [0, 0.05) is 0 Å². The van der Waals surface area contributed by atoms with Crippen LogP contribution < -0.4 is 5.73 Å². The van der Waals surface area contributed by atoms with Gasteiger partial charge in [-0.1, -0.05) is 0 Å². The van der Waals surface area contributed by atoms with Crippen LogP contribution in [0.5, 0.6) is 0 Å². The van der Waals surface area contributed by atoms with Gasteiger partial charge in [-0.3, -0.25) is 0 Å². The lowest BCUT2D eigenvalue weighted by molar-refractivity contribution is -0.165. The highest BCUT2D eigenvalue weighted by molar-refractivity contribution is 5.85. The van der Waals surface area contributed by atoms with Crippen molar-refractivity contribution >= 4 is 18.4 Å². The van der Waals surface area contributed by atoms with Gasteiger partial charge in [0.1, 0.15) is 0 Å².